The molecule has 0 unspecified atom stereocenters. The third-order valence-corrected chi connectivity index (χ3v) is 8.11. The maximum Gasteiger partial charge on any atom is 0.338 e. The van der Waals surface area contributed by atoms with Gasteiger partial charge in [0, 0.05) is 0 Å². The van der Waals surface area contributed by atoms with Crippen LogP contribution in [0.1, 0.15) is 36.1 Å². The van der Waals surface area contributed by atoms with Crippen molar-refractivity contribution in [1.82, 2.24) is 4.57 Å². The lowest BCUT2D eigenvalue weighted by Gasteiger charge is -2.25. The highest BCUT2D eigenvalue weighted by molar-refractivity contribution is 9.10. The number of ether oxygens (including phenoxy) is 3. The highest BCUT2D eigenvalue weighted by Gasteiger charge is 2.33. The van der Waals surface area contributed by atoms with Gasteiger partial charge in [-0.15, -0.1) is 0 Å². The normalized spacial score (nSPS) is 14.9. The summed E-state index contributed by atoms with van der Waals surface area (Å²) in [6.45, 7) is 2.32. The van der Waals surface area contributed by atoms with Gasteiger partial charge in [0.1, 0.15) is 6.61 Å². The first kappa shape index (κ1) is 27.6. The number of carbonyl (C=O) groups is 1. The van der Waals surface area contributed by atoms with Crippen LogP contribution in [0.3, 0.4) is 0 Å². The standard InChI is InChI=1S/C31H27BrN2O5S/c1-4-23-26(30(36)38-3)27(21-13-9-6-10-14-21)34-29(35)25(40-31(34)33-23)17-20-15-22(32)28(24(16-20)37-2)39-18-19-11-7-5-8-12-19/h5-17,27H,4,18H2,1-3H3/b25-17-/t27-/m0/s1. The molecule has 9 heteroatoms. The summed E-state index contributed by atoms with van der Waals surface area (Å²) < 4.78 is 19.6. The fraction of sp³-hybridized carbons (Fsp3) is 0.194. The first-order chi connectivity index (χ1) is 19.4. The lowest BCUT2D eigenvalue weighted by atomic mass is 9.95. The number of halogens is 1. The van der Waals surface area contributed by atoms with Gasteiger partial charge in [0.2, 0.25) is 0 Å². The Kier molecular flexibility index (Phi) is 8.32. The number of rotatable bonds is 8. The highest BCUT2D eigenvalue weighted by atomic mass is 79.9. The van der Waals surface area contributed by atoms with Gasteiger partial charge in [0.05, 0.1) is 40.5 Å². The number of aromatic nitrogens is 1. The maximum absolute atomic E-state index is 13.9. The number of allylic oxidation sites excluding steroid dienone is 1. The number of hydrogen-bond acceptors (Lipinski definition) is 7. The fourth-order valence-electron chi connectivity index (χ4n) is 4.66. The molecule has 0 bridgehead atoms. The third-order valence-electron chi connectivity index (χ3n) is 6.54. The fourth-order valence-corrected chi connectivity index (χ4v) is 6.25. The molecule has 1 atom stereocenters. The van der Waals surface area contributed by atoms with Crippen LogP contribution in [0.25, 0.3) is 6.08 Å². The number of benzene rings is 3. The lowest BCUT2D eigenvalue weighted by molar-refractivity contribution is -0.136. The predicted molar refractivity (Wildman–Crippen MR) is 158 cm³/mol. The van der Waals surface area contributed by atoms with Crippen molar-refractivity contribution in [3.8, 4) is 11.5 Å². The molecule has 204 valence electrons. The maximum atomic E-state index is 13.9. The van der Waals surface area contributed by atoms with Gasteiger partial charge < -0.3 is 14.2 Å². The number of hydrogen-bond donors (Lipinski definition) is 0. The van der Waals surface area contributed by atoms with Crippen LogP contribution in [-0.4, -0.2) is 24.8 Å². The molecule has 0 amide bonds. The van der Waals surface area contributed by atoms with Crippen LogP contribution in [-0.2, 0) is 16.1 Å². The smallest absolute Gasteiger partial charge is 0.338 e. The zero-order valence-electron chi connectivity index (χ0n) is 22.2. The Morgan fingerprint density at radius 3 is 2.42 bits per heavy atom. The second-order valence-corrected chi connectivity index (χ2v) is 10.9. The molecule has 4 aromatic rings. The van der Waals surface area contributed by atoms with E-state index in [2.05, 4.69) is 15.9 Å². The molecule has 0 aliphatic carbocycles. The summed E-state index contributed by atoms with van der Waals surface area (Å²) in [4.78, 5) is 32.0. The van der Waals surface area contributed by atoms with E-state index in [0.29, 0.717) is 49.6 Å². The summed E-state index contributed by atoms with van der Waals surface area (Å²) in [5, 5.41) is 0. The minimum absolute atomic E-state index is 0.242. The second kappa shape index (κ2) is 12.1. The van der Waals surface area contributed by atoms with Crippen LogP contribution in [0.15, 0.2) is 98.3 Å². The van der Waals surface area contributed by atoms with Gasteiger partial charge in [0.15, 0.2) is 16.3 Å². The first-order valence-electron chi connectivity index (χ1n) is 12.7. The van der Waals surface area contributed by atoms with Crippen molar-refractivity contribution >= 4 is 39.3 Å². The van der Waals surface area contributed by atoms with E-state index in [1.165, 1.54) is 18.4 Å². The molecular weight excluding hydrogens is 592 g/mol. The average molecular weight is 620 g/mol. The van der Waals surface area contributed by atoms with Crippen molar-refractivity contribution in [1.29, 1.82) is 0 Å². The molecule has 3 aromatic carbocycles. The van der Waals surface area contributed by atoms with Crippen molar-refractivity contribution in [2.24, 2.45) is 4.99 Å². The number of esters is 1. The van der Waals surface area contributed by atoms with Gasteiger partial charge >= 0.3 is 5.97 Å². The Bertz CT molecular complexity index is 1760. The van der Waals surface area contributed by atoms with Crippen LogP contribution in [0.2, 0.25) is 0 Å². The zero-order chi connectivity index (χ0) is 28.2. The molecule has 0 N–H and O–H groups in total. The van der Waals surface area contributed by atoms with Crippen LogP contribution >= 0.6 is 27.3 Å². The molecule has 5 rings (SSSR count). The van der Waals surface area contributed by atoms with E-state index < -0.39 is 12.0 Å². The van der Waals surface area contributed by atoms with Crippen LogP contribution in [0.4, 0.5) is 0 Å². The van der Waals surface area contributed by atoms with E-state index in [9.17, 15) is 9.59 Å². The van der Waals surface area contributed by atoms with E-state index in [0.717, 1.165) is 16.7 Å². The Morgan fingerprint density at radius 2 is 1.77 bits per heavy atom. The number of methoxy groups -OCH3 is 2. The lowest BCUT2D eigenvalue weighted by Crippen LogP contribution is -2.40. The van der Waals surface area contributed by atoms with Gasteiger partial charge in [-0.3, -0.25) is 9.36 Å². The number of carbonyl (C=O) groups excluding carboxylic acids is 1. The monoisotopic (exact) mass is 618 g/mol. The number of fused-ring (bicyclic) bond motifs is 1. The van der Waals surface area contributed by atoms with Crippen LogP contribution in [0.5, 0.6) is 11.5 Å². The quantitative estimate of drug-likeness (QED) is 0.255. The van der Waals surface area contributed by atoms with Crippen molar-refractivity contribution in [3.05, 3.63) is 125 Å². The minimum Gasteiger partial charge on any atom is -0.493 e. The zero-order valence-corrected chi connectivity index (χ0v) is 24.6. The molecule has 0 radical (unpaired) electrons. The molecule has 0 saturated carbocycles. The van der Waals surface area contributed by atoms with E-state index in [4.69, 9.17) is 19.2 Å². The third kappa shape index (κ3) is 5.39. The van der Waals surface area contributed by atoms with Gasteiger partial charge in [-0.05, 0) is 57.2 Å². The van der Waals surface area contributed by atoms with Gasteiger partial charge in [-0.1, -0.05) is 78.9 Å². The molecule has 40 heavy (non-hydrogen) atoms. The molecule has 1 aromatic heterocycles. The Balaban J connectivity index is 1.60. The van der Waals surface area contributed by atoms with Crippen molar-refractivity contribution < 1.29 is 19.0 Å². The average Bonchev–Trinajstić information content (AvgIpc) is 3.29. The topological polar surface area (TPSA) is 79.1 Å². The van der Waals surface area contributed by atoms with Crippen molar-refractivity contribution in [2.45, 2.75) is 26.0 Å². The SMILES string of the molecule is CCC1=C(C(=O)OC)[C@H](c2ccccc2)n2c(s/c(=C\c3cc(Br)c(OCc4ccccc4)c(OC)c3)c2=O)=N1. The first-order valence-corrected chi connectivity index (χ1v) is 14.3. The predicted octanol–water partition coefficient (Wildman–Crippen LogP) is 5.15. The summed E-state index contributed by atoms with van der Waals surface area (Å²) in [6.07, 6.45) is 2.32. The van der Waals surface area contributed by atoms with Gasteiger partial charge in [-0.25, -0.2) is 9.79 Å². The number of nitrogens with zero attached hydrogens (tertiary/aromatic N) is 2. The Morgan fingerprint density at radius 1 is 1.07 bits per heavy atom. The summed E-state index contributed by atoms with van der Waals surface area (Å²) >= 11 is 4.89. The van der Waals surface area contributed by atoms with E-state index in [1.807, 2.05) is 79.7 Å². The van der Waals surface area contributed by atoms with E-state index in [-0.39, 0.29) is 5.56 Å². The summed E-state index contributed by atoms with van der Waals surface area (Å²) in [5.74, 6) is 0.612. The van der Waals surface area contributed by atoms with E-state index in [1.54, 1.807) is 17.8 Å². The van der Waals surface area contributed by atoms with Crippen molar-refractivity contribution in [3.63, 3.8) is 0 Å². The summed E-state index contributed by atoms with van der Waals surface area (Å²) in [5.41, 5.74) is 3.33. The molecule has 0 saturated heterocycles. The number of thiazole rings is 1. The molecule has 7 nitrogen and oxygen atoms in total. The van der Waals surface area contributed by atoms with E-state index >= 15 is 0 Å². The molecule has 0 spiro atoms. The molecule has 1 aliphatic rings. The Hall–Kier alpha value is -3.95. The molecule has 0 fully saturated rings. The largest absolute Gasteiger partial charge is 0.493 e. The molecule has 1 aliphatic heterocycles. The van der Waals surface area contributed by atoms with Crippen LogP contribution < -0.4 is 24.4 Å². The summed E-state index contributed by atoms with van der Waals surface area (Å²) in [7, 11) is 2.92. The van der Waals surface area contributed by atoms with Gasteiger partial charge in [-0.2, -0.15) is 0 Å². The molecule has 2 heterocycles. The van der Waals surface area contributed by atoms with Crippen molar-refractivity contribution in [2.75, 3.05) is 14.2 Å². The molecular formula is C31H27BrN2O5S. The highest BCUT2D eigenvalue weighted by Crippen LogP contribution is 2.37. The second-order valence-electron chi connectivity index (χ2n) is 9.01. The van der Waals surface area contributed by atoms with Gasteiger partial charge in [0.25, 0.3) is 5.56 Å². The minimum atomic E-state index is -0.642. The van der Waals surface area contributed by atoms with Crippen LogP contribution in [0, 0.1) is 0 Å². The Labute approximate surface area is 243 Å². The summed E-state index contributed by atoms with van der Waals surface area (Å²) in [6, 6.07) is 22.4.